The van der Waals surface area contributed by atoms with Crippen LogP contribution in [0.3, 0.4) is 0 Å². The normalized spacial score (nSPS) is 11.5. The lowest BCUT2D eigenvalue weighted by molar-refractivity contribution is -0.110. The van der Waals surface area contributed by atoms with Crippen molar-refractivity contribution in [2.75, 3.05) is 12.5 Å². The second kappa shape index (κ2) is 8.84. The molecule has 0 spiro atoms. The van der Waals surface area contributed by atoms with E-state index in [2.05, 4.69) is 10.5 Å². The van der Waals surface area contributed by atoms with Crippen LogP contribution in [0.5, 0.6) is 5.75 Å². The van der Waals surface area contributed by atoms with E-state index in [0.29, 0.717) is 10.2 Å². The van der Waals surface area contributed by atoms with Crippen molar-refractivity contribution in [3.63, 3.8) is 0 Å². The minimum Gasteiger partial charge on any atom is -0.497 e. The number of rotatable bonds is 6. The third-order valence-electron chi connectivity index (χ3n) is 4.41. The van der Waals surface area contributed by atoms with E-state index in [1.807, 2.05) is 83.4 Å². The summed E-state index contributed by atoms with van der Waals surface area (Å²) in [6.45, 7) is 1.50. The van der Waals surface area contributed by atoms with Crippen LogP contribution in [0.2, 0.25) is 0 Å². The summed E-state index contributed by atoms with van der Waals surface area (Å²) in [4.78, 5) is 17.0. The van der Waals surface area contributed by atoms with Crippen LogP contribution in [-0.2, 0) is 4.79 Å². The van der Waals surface area contributed by atoms with Crippen molar-refractivity contribution in [2.24, 2.45) is 5.10 Å². The van der Waals surface area contributed by atoms with Gasteiger partial charge < -0.3 is 4.74 Å². The highest BCUT2D eigenvalue weighted by molar-refractivity contribution is 8.15. The summed E-state index contributed by atoms with van der Waals surface area (Å²) in [5.74, 6) is 0.606. The number of hydrogen-bond acceptors (Lipinski definition) is 6. The number of methoxy groups -OCH3 is 1. The number of aromatic nitrogens is 2. The molecule has 7 heteroatoms. The quantitative estimate of drug-likeness (QED) is 0.204. The van der Waals surface area contributed by atoms with Gasteiger partial charge in [-0.2, -0.15) is 5.10 Å². The van der Waals surface area contributed by atoms with Crippen LogP contribution >= 0.6 is 11.8 Å². The lowest BCUT2D eigenvalue weighted by Gasteiger charge is -2.09. The number of thioether (sulfide) groups is 1. The van der Waals surface area contributed by atoms with E-state index in [-0.39, 0.29) is 5.78 Å². The Morgan fingerprint density at radius 2 is 1.70 bits per heavy atom. The molecule has 1 aromatic heterocycles. The number of hydrogen-bond donors (Lipinski definition) is 1. The first-order chi connectivity index (χ1) is 14.7. The molecule has 0 saturated heterocycles. The summed E-state index contributed by atoms with van der Waals surface area (Å²) in [7, 11) is 1.61. The Morgan fingerprint density at radius 1 is 1.00 bits per heavy atom. The molecule has 3 aromatic carbocycles. The number of carbonyl (C=O) groups excluding carboxylic acids is 1. The van der Waals surface area contributed by atoms with E-state index < -0.39 is 0 Å². The first-order valence-electron chi connectivity index (χ1n) is 9.35. The van der Waals surface area contributed by atoms with Gasteiger partial charge in [0.2, 0.25) is 0 Å². The van der Waals surface area contributed by atoms with E-state index in [4.69, 9.17) is 9.72 Å². The summed E-state index contributed by atoms with van der Waals surface area (Å²) in [6, 6.07) is 25.2. The monoisotopic (exact) mass is 416 g/mol. The topological polar surface area (TPSA) is 68.5 Å². The second-order valence-corrected chi connectivity index (χ2v) is 7.43. The molecule has 1 N–H and O–H groups in total. The summed E-state index contributed by atoms with van der Waals surface area (Å²) in [5.41, 5.74) is 6.50. The average molecular weight is 417 g/mol. The Morgan fingerprint density at radius 3 is 2.40 bits per heavy atom. The molecular formula is C23H20N4O2S. The molecule has 0 saturated carbocycles. The zero-order valence-corrected chi connectivity index (χ0v) is 17.4. The lowest BCUT2D eigenvalue weighted by Crippen LogP contribution is -2.10. The van der Waals surface area contributed by atoms with Gasteiger partial charge in [0, 0.05) is 12.6 Å². The number of ketones is 1. The molecule has 4 aromatic rings. The van der Waals surface area contributed by atoms with Crippen LogP contribution in [0.15, 0.2) is 89.1 Å². The van der Waals surface area contributed by atoms with Gasteiger partial charge in [0.25, 0.3) is 0 Å². The highest BCUT2D eigenvalue weighted by atomic mass is 32.2. The van der Waals surface area contributed by atoms with Crippen molar-refractivity contribution in [2.45, 2.75) is 12.1 Å². The van der Waals surface area contributed by atoms with Crippen molar-refractivity contribution in [3.05, 3.63) is 78.9 Å². The molecule has 6 nitrogen and oxygen atoms in total. The van der Waals surface area contributed by atoms with Gasteiger partial charge in [-0.25, -0.2) is 4.98 Å². The number of fused-ring (bicyclic) bond motifs is 1. The van der Waals surface area contributed by atoms with Gasteiger partial charge in [-0.1, -0.05) is 30.3 Å². The highest BCUT2D eigenvalue weighted by Crippen LogP contribution is 2.29. The molecule has 0 unspecified atom stereocenters. The van der Waals surface area contributed by atoms with Gasteiger partial charge in [-0.05, 0) is 60.3 Å². The highest BCUT2D eigenvalue weighted by Gasteiger charge is 2.17. The minimum absolute atomic E-state index is 0.146. The van der Waals surface area contributed by atoms with E-state index >= 15 is 0 Å². The predicted molar refractivity (Wildman–Crippen MR) is 122 cm³/mol. The molecule has 0 bridgehead atoms. The third-order valence-corrected chi connectivity index (χ3v) is 5.44. The average Bonchev–Trinajstić information content (AvgIpc) is 3.15. The van der Waals surface area contributed by atoms with Crippen LogP contribution in [0, 0.1) is 0 Å². The number of imidazole rings is 1. The van der Waals surface area contributed by atoms with Gasteiger partial charge in [-0.3, -0.25) is 14.8 Å². The summed E-state index contributed by atoms with van der Waals surface area (Å²) in [6.07, 6.45) is 0. The molecule has 30 heavy (non-hydrogen) atoms. The van der Waals surface area contributed by atoms with Gasteiger partial charge in [0.1, 0.15) is 5.75 Å². The molecule has 0 radical (unpaired) electrons. The molecule has 0 aliphatic rings. The Kier molecular flexibility index (Phi) is 5.81. The number of anilines is 1. The molecule has 150 valence electrons. The summed E-state index contributed by atoms with van der Waals surface area (Å²) >= 11 is 1.24. The van der Waals surface area contributed by atoms with Crippen molar-refractivity contribution < 1.29 is 9.53 Å². The number of carbonyl (C=O) groups is 1. The molecular weight excluding hydrogens is 396 g/mol. The number of nitrogens with one attached hydrogen (secondary N) is 1. The first-order valence-corrected chi connectivity index (χ1v) is 10.2. The fourth-order valence-electron chi connectivity index (χ4n) is 2.94. The molecule has 0 aliphatic carbocycles. The van der Waals surface area contributed by atoms with E-state index in [9.17, 15) is 4.79 Å². The molecule has 1 heterocycles. The Labute approximate surface area is 178 Å². The Balaban J connectivity index is 1.69. The standard InChI is InChI=1S/C23H20N4O2S/c1-16(28)22(26-25-17-12-14-19(29-2)15-13-17)30-23-24-20-10-6-7-11-21(20)27(23)18-8-4-3-5-9-18/h3-15,25H,1-2H3/b26-22+. The van der Waals surface area contributed by atoms with Crippen molar-refractivity contribution in [1.29, 1.82) is 0 Å². The largest absolute Gasteiger partial charge is 0.497 e. The number of ether oxygens (including phenoxy) is 1. The molecule has 4 rings (SSSR count). The molecule has 0 amide bonds. The van der Waals surface area contributed by atoms with Crippen LogP contribution in [0.4, 0.5) is 5.69 Å². The molecule has 0 fully saturated rings. The predicted octanol–water partition coefficient (Wildman–Crippen LogP) is 5.14. The van der Waals surface area contributed by atoms with Crippen molar-refractivity contribution >= 4 is 39.3 Å². The number of benzene rings is 3. The number of para-hydroxylation sites is 3. The number of hydrazone groups is 1. The van der Waals surface area contributed by atoms with Crippen molar-refractivity contribution in [3.8, 4) is 11.4 Å². The third kappa shape index (κ3) is 4.21. The maximum absolute atomic E-state index is 12.3. The van der Waals surface area contributed by atoms with E-state index in [1.165, 1.54) is 18.7 Å². The van der Waals surface area contributed by atoms with Gasteiger partial charge in [0.15, 0.2) is 16.0 Å². The summed E-state index contributed by atoms with van der Waals surface area (Å²) < 4.78 is 7.20. The fourth-order valence-corrected chi connectivity index (χ4v) is 3.79. The van der Waals surface area contributed by atoms with E-state index in [1.54, 1.807) is 7.11 Å². The number of Topliss-reactive ketones (excluding diaryl/α,β-unsaturated/α-hetero) is 1. The number of nitrogens with zero attached hydrogens (tertiary/aromatic N) is 3. The van der Waals surface area contributed by atoms with Crippen LogP contribution in [-0.4, -0.2) is 27.5 Å². The van der Waals surface area contributed by atoms with Gasteiger partial charge >= 0.3 is 0 Å². The van der Waals surface area contributed by atoms with Crippen LogP contribution in [0.25, 0.3) is 16.7 Å². The first kappa shape index (κ1) is 19.7. The smallest absolute Gasteiger partial charge is 0.186 e. The van der Waals surface area contributed by atoms with E-state index in [0.717, 1.165) is 28.2 Å². The van der Waals surface area contributed by atoms with Gasteiger partial charge in [-0.15, -0.1) is 0 Å². The molecule has 0 atom stereocenters. The zero-order valence-electron chi connectivity index (χ0n) is 16.6. The second-order valence-electron chi connectivity index (χ2n) is 6.47. The maximum Gasteiger partial charge on any atom is 0.186 e. The fraction of sp³-hybridized carbons (Fsp3) is 0.0870. The minimum atomic E-state index is -0.146. The SMILES string of the molecule is COc1ccc(N/N=C(/Sc2nc3ccccc3n2-c2ccccc2)C(C)=O)cc1. The zero-order chi connectivity index (χ0) is 20.9. The summed E-state index contributed by atoms with van der Waals surface area (Å²) in [5, 5.41) is 5.33. The maximum atomic E-state index is 12.3. The van der Waals surface area contributed by atoms with Gasteiger partial charge in [0.05, 0.1) is 23.8 Å². The Hall–Kier alpha value is -3.58. The van der Waals surface area contributed by atoms with Crippen LogP contribution in [0.1, 0.15) is 6.92 Å². The molecule has 0 aliphatic heterocycles. The van der Waals surface area contributed by atoms with Crippen LogP contribution < -0.4 is 10.2 Å². The van der Waals surface area contributed by atoms with Crippen molar-refractivity contribution in [1.82, 2.24) is 9.55 Å². The lowest BCUT2D eigenvalue weighted by atomic mass is 10.3. The Bertz CT molecular complexity index is 1200.